The summed E-state index contributed by atoms with van der Waals surface area (Å²) in [6.45, 7) is 14.2. The molecule has 1 aromatic carbocycles. The predicted molar refractivity (Wildman–Crippen MR) is 232 cm³/mol. The number of piperazine rings is 1. The van der Waals surface area contributed by atoms with E-state index in [1.807, 2.05) is 25.3 Å². The second-order valence-electron chi connectivity index (χ2n) is 18.0. The van der Waals surface area contributed by atoms with Crippen molar-refractivity contribution in [2.75, 3.05) is 77.0 Å². The van der Waals surface area contributed by atoms with Crippen LogP contribution >= 0.6 is 0 Å². The molecule has 15 nitrogen and oxygen atoms in total. The lowest BCUT2D eigenvalue weighted by atomic mass is 9.79. The number of ether oxygens (including phenoxy) is 1. The standard InChI is InChI=1S/C47H56N10O5/c1-3-62-37-25-39(44-36(26-48)28-50-57(44)30-37)34-5-8-41(49-27-34)54-18-13-47(2,14-19-54)31-53-20-22-55(23-21-53)43(59)12-17-52-15-10-32(11-16-52)33-4-6-38-35(24-33)29-56(46(38)61)40-7-9-42(58)51-45(40)60/h4-6,8,24-25,27-28,30,32,40H,3,7,9-23,29,31H2,1-2H3,(H,51,58,60). The zero-order chi connectivity index (χ0) is 43.0. The minimum atomic E-state index is -0.602. The first-order valence-corrected chi connectivity index (χ1v) is 22.3. The van der Waals surface area contributed by atoms with E-state index in [2.05, 4.69) is 67.3 Å². The maximum Gasteiger partial charge on any atom is 0.255 e. The summed E-state index contributed by atoms with van der Waals surface area (Å²) in [5, 5.41) is 16.5. The average Bonchev–Trinajstić information content (AvgIpc) is 3.86. The van der Waals surface area contributed by atoms with Gasteiger partial charge in [-0.1, -0.05) is 19.1 Å². The predicted octanol–water partition coefficient (Wildman–Crippen LogP) is 4.45. The second-order valence-corrected chi connectivity index (χ2v) is 18.0. The largest absolute Gasteiger partial charge is 0.492 e. The Balaban J connectivity index is 0.698. The lowest BCUT2D eigenvalue weighted by molar-refractivity contribution is -0.137. The molecule has 324 valence electrons. The molecule has 15 heteroatoms. The van der Waals surface area contributed by atoms with Crippen molar-refractivity contribution in [1.29, 1.82) is 5.26 Å². The number of imide groups is 1. The van der Waals surface area contributed by atoms with Crippen molar-refractivity contribution >= 4 is 35.0 Å². The Kier molecular flexibility index (Phi) is 11.7. The maximum absolute atomic E-state index is 13.4. The molecule has 62 heavy (non-hydrogen) atoms. The van der Waals surface area contributed by atoms with Crippen LogP contribution in [0.1, 0.15) is 91.8 Å². The van der Waals surface area contributed by atoms with E-state index in [9.17, 15) is 24.4 Å². The molecular formula is C47H56N10O5. The third-order valence-electron chi connectivity index (χ3n) is 14.0. The fourth-order valence-electron chi connectivity index (χ4n) is 10.3. The van der Waals surface area contributed by atoms with E-state index in [-0.39, 0.29) is 35.5 Å². The third kappa shape index (κ3) is 8.50. The van der Waals surface area contributed by atoms with Crippen LogP contribution in [-0.2, 0) is 20.9 Å². The van der Waals surface area contributed by atoms with Gasteiger partial charge in [-0.05, 0) is 98.8 Å². The Bertz CT molecular complexity index is 2380. The number of likely N-dealkylation sites (tertiary alicyclic amines) is 1. The van der Waals surface area contributed by atoms with Crippen molar-refractivity contribution in [2.24, 2.45) is 5.41 Å². The molecule has 9 rings (SSSR count). The highest BCUT2D eigenvalue weighted by Gasteiger charge is 2.40. The fourth-order valence-corrected chi connectivity index (χ4v) is 10.3. The van der Waals surface area contributed by atoms with E-state index >= 15 is 0 Å². The van der Waals surface area contributed by atoms with Crippen molar-refractivity contribution in [1.82, 2.24) is 39.5 Å². The molecule has 0 radical (unpaired) electrons. The molecule has 1 atom stereocenters. The number of carbonyl (C=O) groups excluding carboxylic acids is 4. The first kappa shape index (κ1) is 41.5. The van der Waals surface area contributed by atoms with E-state index in [0.717, 1.165) is 119 Å². The number of hydrogen-bond acceptors (Lipinski definition) is 11. The number of hydrogen-bond donors (Lipinski definition) is 1. The average molecular weight is 841 g/mol. The van der Waals surface area contributed by atoms with Gasteiger partial charge >= 0.3 is 0 Å². The number of benzene rings is 1. The van der Waals surface area contributed by atoms with Gasteiger partial charge in [0.05, 0.1) is 30.1 Å². The summed E-state index contributed by atoms with van der Waals surface area (Å²) in [6, 6.07) is 13.9. The molecule has 1 N–H and O–H groups in total. The van der Waals surface area contributed by atoms with Gasteiger partial charge in [0.15, 0.2) is 0 Å². The summed E-state index contributed by atoms with van der Waals surface area (Å²) in [6.07, 6.45) is 10.6. The van der Waals surface area contributed by atoms with Gasteiger partial charge in [-0.3, -0.25) is 29.4 Å². The molecule has 5 aliphatic rings. The minimum absolute atomic E-state index is 0.137. The van der Waals surface area contributed by atoms with Crippen LogP contribution in [0.5, 0.6) is 5.75 Å². The normalized spacial score (nSPS) is 21.3. The van der Waals surface area contributed by atoms with Crippen LogP contribution in [0.4, 0.5) is 5.82 Å². The van der Waals surface area contributed by atoms with Gasteiger partial charge in [0, 0.05) is 94.6 Å². The number of nitrogens with zero attached hydrogens (tertiary/aromatic N) is 9. The molecular weight excluding hydrogens is 785 g/mol. The lowest BCUT2D eigenvalue weighted by Gasteiger charge is -2.44. The molecule has 4 amide bonds. The smallest absolute Gasteiger partial charge is 0.255 e. The van der Waals surface area contributed by atoms with Gasteiger partial charge in [0.2, 0.25) is 17.7 Å². The number of anilines is 1. The van der Waals surface area contributed by atoms with Gasteiger partial charge < -0.3 is 24.3 Å². The topological polar surface area (TPSA) is 160 Å². The van der Waals surface area contributed by atoms with Gasteiger partial charge in [-0.2, -0.15) is 10.4 Å². The van der Waals surface area contributed by atoms with Crippen LogP contribution < -0.4 is 15.0 Å². The maximum atomic E-state index is 13.4. The highest BCUT2D eigenvalue weighted by molar-refractivity contribution is 6.05. The molecule has 5 aliphatic heterocycles. The van der Waals surface area contributed by atoms with Gasteiger partial charge in [0.1, 0.15) is 23.7 Å². The van der Waals surface area contributed by atoms with Crippen LogP contribution in [0.25, 0.3) is 16.6 Å². The molecule has 8 heterocycles. The van der Waals surface area contributed by atoms with Crippen LogP contribution in [0.15, 0.2) is 55.0 Å². The van der Waals surface area contributed by atoms with Crippen molar-refractivity contribution in [3.05, 3.63) is 77.2 Å². The molecule has 3 aromatic heterocycles. The van der Waals surface area contributed by atoms with E-state index in [4.69, 9.17) is 9.72 Å². The van der Waals surface area contributed by atoms with E-state index in [1.54, 1.807) is 21.8 Å². The van der Waals surface area contributed by atoms with Crippen LogP contribution in [0, 0.1) is 16.7 Å². The number of aromatic nitrogens is 3. The first-order valence-electron chi connectivity index (χ1n) is 22.3. The SMILES string of the molecule is CCOc1cc(-c2ccc(N3CCC(C)(CN4CCN(C(=O)CCN5CCC(c6ccc7c(c6)CN(C6CCC(=O)NC6=O)C7=O)CC5)CC4)CC3)nc2)c2c(C#N)cnn2c1. The number of nitriles is 1. The molecule has 4 saturated heterocycles. The van der Waals surface area contributed by atoms with Crippen molar-refractivity contribution in [3.63, 3.8) is 0 Å². The Hall–Kier alpha value is -5.85. The summed E-state index contributed by atoms with van der Waals surface area (Å²) in [4.78, 5) is 66.5. The van der Waals surface area contributed by atoms with Gasteiger partial charge in [0.25, 0.3) is 5.91 Å². The zero-order valence-corrected chi connectivity index (χ0v) is 35.9. The number of nitrogens with one attached hydrogen (secondary N) is 1. The van der Waals surface area contributed by atoms with Crippen molar-refractivity contribution < 1.29 is 23.9 Å². The summed E-state index contributed by atoms with van der Waals surface area (Å²) in [7, 11) is 0. The highest BCUT2D eigenvalue weighted by atomic mass is 16.5. The molecule has 0 saturated carbocycles. The number of fused-ring (bicyclic) bond motifs is 2. The van der Waals surface area contributed by atoms with Crippen LogP contribution in [0.2, 0.25) is 0 Å². The number of amides is 4. The fraction of sp³-hybridized carbons (Fsp3) is 0.511. The van der Waals surface area contributed by atoms with Gasteiger partial charge in [-0.15, -0.1) is 0 Å². The number of pyridine rings is 2. The van der Waals surface area contributed by atoms with E-state index in [1.165, 1.54) is 5.56 Å². The Morgan fingerprint density at radius 3 is 2.44 bits per heavy atom. The number of rotatable bonds is 11. The molecule has 0 aliphatic carbocycles. The first-order chi connectivity index (χ1) is 30.1. The summed E-state index contributed by atoms with van der Waals surface area (Å²) in [5.41, 5.74) is 6.07. The van der Waals surface area contributed by atoms with E-state index in [0.29, 0.717) is 48.8 Å². The quantitative estimate of drug-likeness (QED) is 0.213. The molecule has 4 fully saturated rings. The molecule has 0 bridgehead atoms. The van der Waals surface area contributed by atoms with Crippen molar-refractivity contribution in [3.8, 4) is 22.9 Å². The molecule has 0 spiro atoms. The Morgan fingerprint density at radius 2 is 1.73 bits per heavy atom. The zero-order valence-electron chi connectivity index (χ0n) is 35.9. The van der Waals surface area contributed by atoms with Crippen LogP contribution in [0.3, 0.4) is 0 Å². The van der Waals surface area contributed by atoms with Crippen LogP contribution in [-0.4, -0.2) is 136 Å². The third-order valence-corrected chi connectivity index (χ3v) is 14.0. The summed E-state index contributed by atoms with van der Waals surface area (Å²) < 4.78 is 7.49. The Morgan fingerprint density at radius 1 is 0.935 bits per heavy atom. The lowest BCUT2D eigenvalue weighted by Crippen LogP contribution is -2.53. The van der Waals surface area contributed by atoms with Gasteiger partial charge in [-0.25, -0.2) is 9.50 Å². The Labute approximate surface area is 362 Å². The molecule has 4 aromatic rings. The van der Waals surface area contributed by atoms with E-state index < -0.39 is 6.04 Å². The number of carbonyl (C=O) groups is 4. The number of piperidine rings is 3. The second kappa shape index (κ2) is 17.5. The monoisotopic (exact) mass is 840 g/mol. The summed E-state index contributed by atoms with van der Waals surface area (Å²) >= 11 is 0. The summed E-state index contributed by atoms with van der Waals surface area (Å²) in [5.74, 6) is 1.48. The minimum Gasteiger partial charge on any atom is -0.492 e. The van der Waals surface area contributed by atoms with Crippen molar-refractivity contribution in [2.45, 2.75) is 77.3 Å². The highest BCUT2D eigenvalue weighted by Crippen LogP contribution is 2.37. The molecule has 1 unspecified atom stereocenters.